The van der Waals surface area contributed by atoms with Crippen molar-refractivity contribution in [1.82, 2.24) is 25.1 Å². The standard InChI is InChI=1S/C18H19F6N5O4/c1-10(15-27-28-16(32-15)11-6-12(7-11)33-18(22,23)24)2-3-25-14(30)13-8-29(9-26-13)4-5-31-17(19,20)21/h8-9,11-12H,1-7H2,(H,25,30). The molecule has 0 atom stereocenters. The number of hydrogen-bond acceptors (Lipinski definition) is 7. The lowest BCUT2D eigenvalue weighted by molar-refractivity contribution is -0.352. The van der Waals surface area contributed by atoms with Gasteiger partial charge in [0, 0.05) is 30.8 Å². The van der Waals surface area contributed by atoms with Gasteiger partial charge in [0.1, 0.15) is 5.69 Å². The number of aromatic nitrogens is 4. The molecule has 15 heteroatoms. The van der Waals surface area contributed by atoms with Crippen molar-refractivity contribution in [3.8, 4) is 0 Å². The van der Waals surface area contributed by atoms with Gasteiger partial charge in [0.25, 0.3) is 5.91 Å². The second-order valence-corrected chi connectivity index (χ2v) is 7.20. The number of nitrogens with zero attached hydrogens (tertiary/aromatic N) is 4. The smallest absolute Gasteiger partial charge is 0.421 e. The predicted octanol–water partition coefficient (Wildman–Crippen LogP) is 3.42. The van der Waals surface area contributed by atoms with Gasteiger partial charge in [-0.25, -0.2) is 4.98 Å². The number of hydrogen-bond donors (Lipinski definition) is 1. The molecule has 0 saturated heterocycles. The number of rotatable bonds is 10. The molecule has 1 aliphatic carbocycles. The van der Waals surface area contributed by atoms with Crippen molar-refractivity contribution in [3.05, 3.63) is 36.6 Å². The molecule has 0 aromatic carbocycles. The van der Waals surface area contributed by atoms with Crippen LogP contribution in [0.1, 0.15) is 47.5 Å². The molecule has 1 fully saturated rings. The van der Waals surface area contributed by atoms with E-state index in [-0.39, 0.29) is 55.7 Å². The molecule has 1 saturated carbocycles. The third-order valence-electron chi connectivity index (χ3n) is 4.68. The Hall–Kier alpha value is -2.94. The number of carbonyl (C=O) groups is 1. The first-order valence-electron chi connectivity index (χ1n) is 9.66. The largest absolute Gasteiger partial charge is 0.522 e. The Kier molecular flexibility index (Phi) is 7.41. The second kappa shape index (κ2) is 9.91. The first kappa shape index (κ1) is 24.7. The molecule has 3 rings (SSSR count). The minimum Gasteiger partial charge on any atom is -0.421 e. The third kappa shape index (κ3) is 7.56. The maximum Gasteiger partial charge on any atom is 0.522 e. The quantitative estimate of drug-likeness (QED) is 0.517. The molecule has 2 aromatic heterocycles. The van der Waals surface area contributed by atoms with Gasteiger partial charge in [-0.2, -0.15) is 0 Å². The van der Waals surface area contributed by atoms with Gasteiger partial charge in [0.15, 0.2) is 0 Å². The van der Waals surface area contributed by atoms with Crippen LogP contribution in [0.4, 0.5) is 26.3 Å². The van der Waals surface area contributed by atoms with Crippen LogP contribution in [0, 0.1) is 0 Å². The summed E-state index contributed by atoms with van der Waals surface area (Å²) >= 11 is 0. The molecule has 2 aromatic rings. The summed E-state index contributed by atoms with van der Waals surface area (Å²) in [6.45, 7) is 3.15. The number of halogens is 6. The Balaban J connectivity index is 1.38. The second-order valence-electron chi connectivity index (χ2n) is 7.20. The Morgan fingerprint density at radius 1 is 1.21 bits per heavy atom. The van der Waals surface area contributed by atoms with E-state index in [4.69, 9.17) is 4.42 Å². The number of alkyl halides is 6. The number of ether oxygens (including phenoxy) is 2. The van der Waals surface area contributed by atoms with Crippen LogP contribution in [0.5, 0.6) is 0 Å². The molecule has 1 N–H and O–H groups in total. The third-order valence-corrected chi connectivity index (χ3v) is 4.68. The Morgan fingerprint density at radius 2 is 1.94 bits per heavy atom. The number of carbonyl (C=O) groups excluding carboxylic acids is 1. The Labute approximate surface area is 182 Å². The van der Waals surface area contributed by atoms with E-state index in [1.54, 1.807) is 0 Å². The minimum atomic E-state index is -4.73. The predicted molar refractivity (Wildman–Crippen MR) is 97.4 cm³/mol. The highest BCUT2D eigenvalue weighted by Crippen LogP contribution is 2.41. The fraction of sp³-hybridized carbons (Fsp3) is 0.556. The van der Waals surface area contributed by atoms with Gasteiger partial charge in [-0.1, -0.05) is 6.58 Å². The van der Waals surface area contributed by atoms with Crippen molar-refractivity contribution in [2.24, 2.45) is 0 Å². The number of imidazole rings is 1. The molecule has 182 valence electrons. The van der Waals surface area contributed by atoms with Crippen molar-refractivity contribution < 1.29 is 45.0 Å². The highest BCUT2D eigenvalue weighted by Gasteiger charge is 2.42. The van der Waals surface area contributed by atoms with E-state index in [9.17, 15) is 31.1 Å². The fourth-order valence-corrected chi connectivity index (χ4v) is 2.99. The topological polar surface area (TPSA) is 104 Å². The van der Waals surface area contributed by atoms with Crippen LogP contribution >= 0.6 is 0 Å². The molecule has 0 unspecified atom stereocenters. The molecule has 0 spiro atoms. The first-order chi connectivity index (χ1) is 15.4. The van der Waals surface area contributed by atoms with Crippen LogP contribution in [0.25, 0.3) is 5.57 Å². The zero-order chi connectivity index (χ0) is 24.2. The molecule has 1 aliphatic rings. The van der Waals surface area contributed by atoms with E-state index in [0.717, 1.165) is 0 Å². The molecule has 9 nitrogen and oxygen atoms in total. The monoisotopic (exact) mass is 483 g/mol. The van der Waals surface area contributed by atoms with Crippen LogP contribution in [-0.4, -0.2) is 57.6 Å². The van der Waals surface area contributed by atoms with Gasteiger partial charge >= 0.3 is 12.7 Å². The summed E-state index contributed by atoms with van der Waals surface area (Å²) in [4.78, 5) is 15.9. The molecule has 33 heavy (non-hydrogen) atoms. The lowest BCUT2D eigenvalue weighted by Crippen LogP contribution is -2.34. The van der Waals surface area contributed by atoms with Crippen LogP contribution in [-0.2, 0) is 16.0 Å². The number of amides is 1. The van der Waals surface area contributed by atoms with Gasteiger partial charge < -0.3 is 14.3 Å². The first-order valence-corrected chi connectivity index (χ1v) is 9.66. The summed E-state index contributed by atoms with van der Waals surface area (Å²) < 4.78 is 86.8. The minimum absolute atomic E-state index is 0.00770. The maximum absolute atomic E-state index is 12.2. The summed E-state index contributed by atoms with van der Waals surface area (Å²) in [5.74, 6) is -0.580. The highest BCUT2D eigenvalue weighted by atomic mass is 19.4. The zero-order valence-corrected chi connectivity index (χ0v) is 16.9. The molecule has 2 heterocycles. The van der Waals surface area contributed by atoms with Crippen LogP contribution in [0.2, 0.25) is 0 Å². The maximum atomic E-state index is 12.2. The van der Waals surface area contributed by atoms with Crippen LogP contribution in [0.15, 0.2) is 23.5 Å². The molecule has 0 aliphatic heterocycles. The molecule has 0 radical (unpaired) electrons. The van der Waals surface area contributed by atoms with Crippen molar-refractivity contribution >= 4 is 11.5 Å². The molecule has 1 amide bonds. The lowest BCUT2D eigenvalue weighted by atomic mass is 9.82. The van der Waals surface area contributed by atoms with Gasteiger partial charge in [-0.3, -0.25) is 14.3 Å². The summed E-state index contributed by atoms with van der Waals surface area (Å²) in [6.07, 6.45) is -7.42. The fourth-order valence-electron chi connectivity index (χ4n) is 2.99. The van der Waals surface area contributed by atoms with Crippen molar-refractivity contribution in [2.75, 3.05) is 13.2 Å². The van der Waals surface area contributed by atoms with E-state index < -0.39 is 31.3 Å². The van der Waals surface area contributed by atoms with Crippen molar-refractivity contribution in [2.45, 2.75) is 50.6 Å². The highest BCUT2D eigenvalue weighted by molar-refractivity contribution is 5.92. The van der Waals surface area contributed by atoms with Crippen molar-refractivity contribution in [1.29, 1.82) is 0 Å². The molecular formula is C18H19F6N5O4. The Morgan fingerprint density at radius 3 is 2.61 bits per heavy atom. The van der Waals surface area contributed by atoms with E-state index in [1.165, 1.54) is 17.1 Å². The van der Waals surface area contributed by atoms with Crippen LogP contribution < -0.4 is 5.32 Å². The summed E-state index contributed by atoms with van der Waals surface area (Å²) in [5, 5.41) is 10.2. The average Bonchev–Trinajstić information content (AvgIpc) is 3.32. The van der Waals surface area contributed by atoms with Gasteiger partial charge in [-0.05, 0) is 19.3 Å². The van der Waals surface area contributed by atoms with Crippen LogP contribution in [0.3, 0.4) is 0 Å². The van der Waals surface area contributed by atoms with E-state index in [1.807, 2.05) is 0 Å². The van der Waals surface area contributed by atoms with E-state index in [0.29, 0.717) is 5.57 Å². The molecular weight excluding hydrogens is 464 g/mol. The summed E-state index contributed by atoms with van der Waals surface area (Å²) in [5.41, 5.74) is 0.416. The SMILES string of the molecule is C=C(CCNC(=O)c1cn(CCOC(F)(F)F)cn1)c1nnc(C2CC(OC(F)(F)F)C2)o1. The van der Waals surface area contributed by atoms with E-state index in [2.05, 4.69) is 36.6 Å². The van der Waals surface area contributed by atoms with Gasteiger partial charge in [0.05, 0.1) is 19.0 Å². The lowest BCUT2D eigenvalue weighted by Gasteiger charge is -2.32. The van der Waals surface area contributed by atoms with Gasteiger partial charge in [0.2, 0.25) is 11.8 Å². The van der Waals surface area contributed by atoms with E-state index >= 15 is 0 Å². The normalized spacial score (nSPS) is 18.7. The average molecular weight is 483 g/mol. The molecule has 0 bridgehead atoms. The van der Waals surface area contributed by atoms with Crippen molar-refractivity contribution in [3.63, 3.8) is 0 Å². The zero-order valence-electron chi connectivity index (χ0n) is 16.9. The Bertz CT molecular complexity index is 964. The summed E-state index contributed by atoms with van der Waals surface area (Å²) in [7, 11) is 0. The number of nitrogens with one attached hydrogen (secondary N) is 1. The summed E-state index contributed by atoms with van der Waals surface area (Å²) in [6, 6.07) is 0. The van der Waals surface area contributed by atoms with Gasteiger partial charge in [-0.15, -0.1) is 36.5 Å².